The molecule has 0 amide bonds. The number of fused-ring (bicyclic) bond motifs is 2. The third kappa shape index (κ3) is 4.96. The summed E-state index contributed by atoms with van der Waals surface area (Å²) in [6, 6.07) is 16.7. The predicted molar refractivity (Wildman–Crippen MR) is 96.4 cm³/mol. The van der Waals surface area contributed by atoms with Crippen molar-refractivity contribution in [3.8, 4) is 5.75 Å². The van der Waals surface area contributed by atoms with E-state index in [1.54, 1.807) is 11.3 Å². The van der Waals surface area contributed by atoms with Gasteiger partial charge in [0.25, 0.3) is 5.01 Å². The highest BCUT2D eigenvalue weighted by molar-refractivity contribution is 7.18. The summed E-state index contributed by atoms with van der Waals surface area (Å²) in [6.45, 7) is 5.26. The van der Waals surface area contributed by atoms with Crippen LogP contribution in [0.15, 0.2) is 60.4 Å². The molecule has 1 aliphatic heterocycles. The largest absolute Gasteiger partial charge is 0.456 e. The number of rotatable bonds is 2. The molecule has 0 aliphatic carbocycles. The molecule has 3 aromatic rings. The number of hydrogen-bond donors (Lipinski definition) is 0. The van der Waals surface area contributed by atoms with Crippen molar-refractivity contribution in [1.82, 2.24) is 0 Å². The fourth-order valence-corrected chi connectivity index (χ4v) is 4.18. The lowest BCUT2D eigenvalue weighted by Gasteiger charge is -2.17. The van der Waals surface area contributed by atoms with Crippen molar-refractivity contribution >= 4 is 33.2 Å². The van der Waals surface area contributed by atoms with E-state index in [2.05, 4.69) is 60.9 Å². The molecule has 0 bridgehead atoms. The summed E-state index contributed by atoms with van der Waals surface area (Å²) in [5, 5.41) is 1.21. The van der Waals surface area contributed by atoms with Gasteiger partial charge in [0.1, 0.15) is 22.8 Å². The van der Waals surface area contributed by atoms with Gasteiger partial charge in [-0.05, 0) is 37.6 Å². The van der Waals surface area contributed by atoms with Crippen LogP contribution >= 0.6 is 11.3 Å². The van der Waals surface area contributed by atoms with Crippen molar-refractivity contribution in [2.45, 2.75) is 20.4 Å². The van der Waals surface area contributed by atoms with Crippen molar-refractivity contribution < 1.29 is 38.2 Å². The molecule has 1 aromatic heterocycles. The molecule has 28 heavy (non-hydrogen) atoms. The molecule has 4 rings (SSSR count). The Kier molecular flexibility index (Phi) is 6.14. The van der Waals surface area contributed by atoms with E-state index < -0.39 is 10.2 Å². The van der Waals surface area contributed by atoms with Gasteiger partial charge >= 0.3 is 0 Å². The van der Waals surface area contributed by atoms with Crippen LogP contribution in [0.25, 0.3) is 21.9 Å². The van der Waals surface area contributed by atoms with E-state index >= 15 is 0 Å². The number of para-hydroxylation sites is 2. The summed E-state index contributed by atoms with van der Waals surface area (Å²) in [7, 11) is -4.94. The van der Waals surface area contributed by atoms with Crippen molar-refractivity contribution in [3.63, 3.8) is 0 Å². The Hall–Kier alpha value is -2.26. The molecule has 0 unspecified atom stereocenters. The van der Waals surface area contributed by atoms with Crippen LogP contribution in [0.3, 0.4) is 0 Å². The van der Waals surface area contributed by atoms with Gasteiger partial charge in [-0.3, -0.25) is 0 Å². The number of aryl methyl sites for hydroxylation is 1. The first kappa shape index (κ1) is 20.5. The molecular formula is C20H18ClNO5S. The number of hydrogen-bond acceptors (Lipinski definition) is 6. The highest BCUT2D eigenvalue weighted by Crippen LogP contribution is 2.33. The van der Waals surface area contributed by atoms with Crippen molar-refractivity contribution in [3.05, 3.63) is 70.9 Å². The van der Waals surface area contributed by atoms with Crippen molar-refractivity contribution in [2.24, 2.45) is 0 Å². The predicted octanol–water partition coefficient (Wildman–Crippen LogP) is 0.290. The summed E-state index contributed by atoms with van der Waals surface area (Å²) in [4.78, 5) is 0. The van der Waals surface area contributed by atoms with Gasteiger partial charge in [-0.1, -0.05) is 41.7 Å². The number of aromatic nitrogens is 1. The van der Waals surface area contributed by atoms with Crippen LogP contribution in [-0.4, -0.2) is 0 Å². The number of allylic oxidation sites excluding steroid dienone is 2. The normalized spacial score (nSPS) is 14.8. The minimum atomic E-state index is -4.94. The van der Waals surface area contributed by atoms with Gasteiger partial charge in [0.2, 0.25) is 5.52 Å². The molecule has 0 N–H and O–H groups in total. The summed E-state index contributed by atoms with van der Waals surface area (Å²) in [5.41, 5.74) is 3.69. The van der Waals surface area contributed by atoms with E-state index in [0.717, 1.165) is 18.1 Å². The van der Waals surface area contributed by atoms with Crippen LogP contribution in [0.4, 0.5) is 0 Å². The number of benzene rings is 2. The van der Waals surface area contributed by atoms with Crippen LogP contribution in [0.5, 0.6) is 5.75 Å². The number of halogens is 1. The zero-order chi connectivity index (χ0) is 20.3. The van der Waals surface area contributed by atoms with Crippen molar-refractivity contribution in [1.29, 1.82) is 0 Å². The third-order valence-electron chi connectivity index (χ3n) is 4.12. The summed E-state index contributed by atoms with van der Waals surface area (Å²) in [5.74, 6) is 1.83. The Labute approximate surface area is 168 Å². The average Bonchev–Trinajstić information content (AvgIpc) is 2.97. The number of thiazole rings is 1. The smallest absolute Gasteiger partial charge is 0.266 e. The second-order valence-electron chi connectivity index (χ2n) is 6.00. The lowest BCUT2D eigenvalue weighted by atomic mass is 10.0. The molecule has 8 heteroatoms. The molecule has 0 saturated heterocycles. The zero-order valence-electron chi connectivity index (χ0n) is 15.3. The van der Waals surface area contributed by atoms with Gasteiger partial charge < -0.3 is 4.74 Å². The van der Waals surface area contributed by atoms with Gasteiger partial charge in [-0.15, -0.1) is 10.2 Å². The molecule has 0 spiro atoms. The molecule has 0 atom stereocenters. The highest BCUT2D eigenvalue weighted by Gasteiger charge is 2.19. The first-order chi connectivity index (χ1) is 13.3. The standard InChI is InChI=1S/C20H18NOS.ClHO4/c1-3-21-17-9-5-7-11-19(17)23-20(21)13-15-12-14(2)16-8-4-6-10-18(16)22-15;2-1(3,4)5/h4-13H,3H2,1-2H3;(H,2,3,4,5)/q+1;/p-1. The SMILES string of the molecule is CC[n+]1c(C=C2C=C(C)c3ccccc3O2)sc2ccccc21.[O-][Cl+3]([O-])([O-])[O-]. The second-order valence-corrected chi connectivity index (χ2v) is 7.82. The fourth-order valence-electron chi connectivity index (χ4n) is 3.01. The number of ether oxygens (including phenoxy) is 1. The van der Waals surface area contributed by atoms with E-state index in [1.807, 2.05) is 18.2 Å². The monoisotopic (exact) mass is 419 g/mol. The van der Waals surface area contributed by atoms with Crippen molar-refractivity contribution in [2.75, 3.05) is 0 Å². The Morgan fingerprint density at radius 1 is 1.04 bits per heavy atom. The lowest BCUT2D eigenvalue weighted by Crippen LogP contribution is -2.68. The molecule has 6 nitrogen and oxygen atoms in total. The molecular weight excluding hydrogens is 402 g/mol. The van der Waals surface area contributed by atoms with E-state index in [4.69, 9.17) is 23.4 Å². The maximum absolute atomic E-state index is 8.49. The van der Waals surface area contributed by atoms with E-state index in [1.165, 1.54) is 26.4 Å². The van der Waals surface area contributed by atoms with Gasteiger partial charge in [0, 0.05) is 11.6 Å². The molecule has 146 valence electrons. The van der Waals surface area contributed by atoms with Gasteiger partial charge in [-0.2, -0.15) is 4.57 Å². The molecule has 2 heterocycles. The molecule has 2 aromatic carbocycles. The quantitative estimate of drug-likeness (QED) is 0.555. The first-order valence-electron chi connectivity index (χ1n) is 8.46. The first-order valence-corrected chi connectivity index (χ1v) is 10.5. The van der Waals surface area contributed by atoms with Crippen LogP contribution < -0.4 is 27.9 Å². The Morgan fingerprint density at radius 2 is 1.68 bits per heavy atom. The van der Waals surface area contributed by atoms with E-state index in [9.17, 15) is 0 Å². The van der Waals surface area contributed by atoms with E-state index in [0.29, 0.717) is 0 Å². The Bertz CT molecular complexity index is 1050. The molecule has 0 saturated carbocycles. The third-order valence-corrected chi connectivity index (χ3v) is 5.23. The molecule has 1 aliphatic rings. The Balaban J connectivity index is 0.000000403. The van der Waals surface area contributed by atoms with Crippen LogP contribution in [0, 0.1) is 10.2 Å². The van der Waals surface area contributed by atoms with Crippen LogP contribution in [0.2, 0.25) is 0 Å². The highest BCUT2D eigenvalue weighted by atomic mass is 35.7. The summed E-state index contributed by atoms with van der Waals surface area (Å²) >= 11 is 1.80. The van der Waals surface area contributed by atoms with Crippen LogP contribution in [0.1, 0.15) is 24.4 Å². The maximum atomic E-state index is 8.49. The molecule has 0 fully saturated rings. The maximum Gasteiger partial charge on any atom is 0.266 e. The molecule has 0 radical (unpaired) electrons. The van der Waals surface area contributed by atoms with E-state index in [-0.39, 0.29) is 0 Å². The van der Waals surface area contributed by atoms with Gasteiger partial charge in [-0.25, -0.2) is 18.6 Å². The Morgan fingerprint density at radius 3 is 2.39 bits per heavy atom. The number of nitrogens with zero attached hydrogens (tertiary/aromatic N) is 1. The fraction of sp³-hybridized carbons (Fsp3) is 0.150. The van der Waals surface area contributed by atoms with Gasteiger partial charge in [0.05, 0.1) is 6.08 Å². The van der Waals surface area contributed by atoms with Gasteiger partial charge in [0.15, 0.2) is 0 Å². The summed E-state index contributed by atoms with van der Waals surface area (Å²) in [6.07, 6.45) is 4.26. The minimum Gasteiger partial charge on any atom is -0.456 e. The zero-order valence-corrected chi connectivity index (χ0v) is 16.8. The lowest BCUT2D eigenvalue weighted by molar-refractivity contribution is -2.00. The average molecular weight is 420 g/mol. The topological polar surface area (TPSA) is 105 Å². The minimum absolute atomic E-state index is 0.898. The summed E-state index contributed by atoms with van der Waals surface area (Å²) < 4.78 is 43.7. The van der Waals surface area contributed by atoms with Crippen LogP contribution in [-0.2, 0) is 6.54 Å². The second kappa shape index (κ2) is 8.40.